The summed E-state index contributed by atoms with van der Waals surface area (Å²) >= 11 is 0. The van der Waals surface area contributed by atoms with Crippen LogP contribution in [-0.2, 0) is 0 Å². The summed E-state index contributed by atoms with van der Waals surface area (Å²) in [7, 11) is 0. The third kappa shape index (κ3) is 4.77. The van der Waals surface area contributed by atoms with E-state index in [4.69, 9.17) is 5.73 Å². The van der Waals surface area contributed by atoms with E-state index in [2.05, 4.69) is 26.1 Å². The van der Waals surface area contributed by atoms with Gasteiger partial charge in [-0.15, -0.1) is 0 Å². The lowest BCUT2D eigenvalue weighted by molar-refractivity contribution is 0.313. The van der Waals surface area contributed by atoms with E-state index in [1.807, 2.05) is 0 Å². The van der Waals surface area contributed by atoms with Gasteiger partial charge in [0.15, 0.2) is 0 Å². The highest BCUT2D eigenvalue weighted by atomic mass is 15.0. The van der Waals surface area contributed by atoms with Crippen molar-refractivity contribution in [2.24, 2.45) is 11.1 Å². The summed E-state index contributed by atoms with van der Waals surface area (Å²) < 4.78 is 0. The Hall–Kier alpha value is -0.0800. The van der Waals surface area contributed by atoms with Crippen molar-refractivity contribution in [3.05, 3.63) is 0 Å². The summed E-state index contributed by atoms with van der Waals surface area (Å²) in [4.78, 5) is 0. The van der Waals surface area contributed by atoms with Crippen LogP contribution in [0.3, 0.4) is 0 Å². The van der Waals surface area contributed by atoms with Crippen LogP contribution in [0.1, 0.15) is 33.6 Å². The van der Waals surface area contributed by atoms with Gasteiger partial charge in [-0.25, -0.2) is 0 Å². The molecule has 10 heavy (non-hydrogen) atoms. The Kier molecular flexibility index (Phi) is 4.65. The monoisotopic (exact) mass is 144 g/mol. The zero-order valence-electron chi connectivity index (χ0n) is 7.41. The summed E-state index contributed by atoms with van der Waals surface area (Å²) in [5, 5.41) is 3.15. The quantitative estimate of drug-likeness (QED) is 0.571. The van der Waals surface area contributed by atoms with Gasteiger partial charge in [0.25, 0.3) is 0 Å². The largest absolute Gasteiger partial charge is 0.318 e. The van der Waals surface area contributed by atoms with E-state index in [0.717, 1.165) is 6.54 Å². The Bertz CT molecular complexity index is 79.3. The fourth-order valence-corrected chi connectivity index (χ4v) is 1.18. The summed E-state index contributed by atoms with van der Waals surface area (Å²) in [6.45, 7) is 8.35. The lowest BCUT2D eigenvalue weighted by Crippen LogP contribution is -2.33. The maximum absolute atomic E-state index is 5.32. The third-order valence-electron chi connectivity index (χ3n) is 1.67. The molecule has 0 aliphatic rings. The number of hydrogen-bond acceptors (Lipinski definition) is 2. The van der Waals surface area contributed by atoms with Crippen molar-refractivity contribution in [1.29, 1.82) is 0 Å². The van der Waals surface area contributed by atoms with Crippen LogP contribution >= 0.6 is 0 Å². The minimum absolute atomic E-state index is 0.411. The van der Waals surface area contributed by atoms with Gasteiger partial charge >= 0.3 is 0 Å². The first-order valence-electron chi connectivity index (χ1n) is 4.03. The van der Waals surface area contributed by atoms with Crippen molar-refractivity contribution in [2.75, 3.05) is 13.2 Å². The minimum Gasteiger partial charge on any atom is -0.318 e. The van der Waals surface area contributed by atoms with Crippen LogP contribution in [0.25, 0.3) is 0 Å². The van der Waals surface area contributed by atoms with Crippen molar-refractivity contribution in [1.82, 2.24) is 5.32 Å². The van der Waals surface area contributed by atoms with E-state index in [9.17, 15) is 0 Å². The molecule has 0 saturated heterocycles. The van der Waals surface area contributed by atoms with Crippen molar-refractivity contribution in [3.63, 3.8) is 0 Å². The lowest BCUT2D eigenvalue weighted by Gasteiger charge is -2.23. The summed E-state index contributed by atoms with van der Waals surface area (Å²) in [5.41, 5.74) is 5.73. The molecular formula is C8H20N2. The van der Waals surface area contributed by atoms with E-state index in [1.54, 1.807) is 0 Å². The molecule has 2 nitrogen and oxygen atoms in total. The zero-order chi connectivity index (χ0) is 8.04. The molecule has 0 rings (SSSR count). The summed E-state index contributed by atoms with van der Waals surface area (Å²) in [5.74, 6) is 0. The number of rotatable bonds is 5. The Balaban J connectivity index is 3.42. The first-order valence-corrected chi connectivity index (χ1v) is 4.03. The highest BCUT2D eigenvalue weighted by molar-refractivity contribution is 4.69. The average Bonchev–Trinajstić information content (AvgIpc) is 1.84. The van der Waals surface area contributed by atoms with E-state index in [1.165, 1.54) is 12.8 Å². The predicted octanol–water partition coefficient (Wildman–Crippen LogP) is 1.32. The molecule has 0 aromatic carbocycles. The molecule has 3 N–H and O–H groups in total. The predicted molar refractivity (Wildman–Crippen MR) is 45.7 cm³/mol. The summed E-state index contributed by atoms with van der Waals surface area (Å²) in [6, 6.07) is 0. The van der Waals surface area contributed by atoms with Gasteiger partial charge in [-0.2, -0.15) is 0 Å². The van der Waals surface area contributed by atoms with Gasteiger partial charge in [-0.1, -0.05) is 27.2 Å². The maximum atomic E-state index is 5.32. The first-order chi connectivity index (χ1) is 4.62. The molecule has 0 aromatic heterocycles. The SMILES string of the molecule is CCCC(C)(C)CNCN. The molecule has 0 unspecified atom stereocenters. The fraction of sp³-hybridized carbons (Fsp3) is 1.00. The molecular weight excluding hydrogens is 124 g/mol. The van der Waals surface area contributed by atoms with E-state index < -0.39 is 0 Å². The van der Waals surface area contributed by atoms with Gasteiger partial charge in [0.2, 0.25) is 0 Å². The molecule has 2 heteroatoms. The number of hydrogen-bond donors (Lipinski definition) is 2. The van der Waals surface area contributed by atoms with Crippen molar-refractivity contribution in [3.8, 4) is 0 Å². The molecule has 0 heterocycles. The van der Waals surface area contributed by atoms with Gasteiger partial charge in [-0.05, 0) is 11.8 Å². The molecule has 0 aromatic rings. The topological polar surface area (TPSA) is 38.0 Å². The van der Waals surface area contributed by atoms with Crippen molar-refractivity contribution < 1.29 is 0 Å². The fourth-order valence-electron chi connectivity index (χ4n) is 1.18. The van der Waals surface area contributed by atoms with E-state index in [0.29, 0.717) is 12.1 Å². The normalized spacial score (nSPS) is 12.0. The molecule has 0 atom stereocenters. The van der Waals surface area contributed by atoms with Crippen LogP contribution in [0.4, 0.5) is 0 Å². The van der Waals surface area contributed by atoms with Crippen LogP contribution < -0.4 is 11.1 Å². The standard InChI is InChI=1S/C8H20N2/c1-4-5-8(2,3)6-10-7-9/h10H,4-7,9H2,1-3H3. The number of nitrogens with two attached hydrogens (primary N) is 1. The molecule has 0 aliphatic carbocycles. The third-order valence-corrected chi connectivity index (χ3v) is 1.67. The first kappa shape index (κ1) is 9.92. The molecule has 0 radical (unpaired) electrons. The Morgan fingerprint density at radius 1 is 1.40 bits per heavy atom. The summed E-state index contributed by atoms with van der Waals surface area (Å²) in [6.07, 6.45) is 2.51. The zero-order valence-corrected chi connectivity index (χ0v) is 7.41. The van der Waals surface area contributed by atoms with Gasteiger partial charge in [0.05, 0.1) is 0 Å². The van der Waals surface area contributed by atoms with Crippen molar-refractivity contribution in [2.45, 2.75) is 33.6 Å². The Morgan fingerprint density at radius 2 is 2.00 bits per heavy atom. The van der Waals surface area contributed by atoms with E-state index in [-0.39, 0.29) is 0 Å². The molecule has 0 amide bonds. The average molecular weight is 144 g/mol. The van der Waals surface area contributed by atoms with Gasteiger partial charge in [0.1, 0.15) is 0 Å². The molecule has 0 saturated carbocycles. The molecule has 0 bridgehead atoms. The molecule has 0 aliphatic heterocycles. The second kappa shape index (κ2) is 4.69. The lowest BCUT2D eigenvalue weighted by atomic mass is 9.88. The minimum atomic E-state index is 0.411. The molecule has 0 fully saturated rings. The highest BCUT2D eigenvalue weighted by Gasteiger charge is 2.14. The van der Waals surface area contributed by atoms with Crippen molar-refractivity contribution >= 4 is 0 Å². The van der Waals surface area contributed by atoms with Gasteiger partial charge < -0.3 is 11.1 Å². The van der Waals surface area contributed by atoms with Crippen LogP contribution in [0, 0.1) is 5.41 Å². The number of nitrogens with one attached hydrogen (secondary N) is 1. The molecule has 0 spiro atoms. The van der Waals surface area contributed by atoms with Crippen LogP contribution in [0.2, 0.25) is 0 Å². The van der Waals surface area contributed by atoms with Gasteiger partial charge in [-0.3, -0.25) is 0 Å². The Labute approximate surface area is 64.2 Å². The van der Waals surface area contributed by atoms with Gasteiger partial charge in [0, 0.05) is 13.2 Å². The Morgan fingerprint density at radius 3 is 2.40 bits per heavy atom. The van der Waals surface area contributed by atoms with Crippen LogP contribution in [0.15, 0.2) is 0 Å². The molecule has 62 valence electrons. The second-order valence-corrected chi connectivity index (χ2v) is 3.55. The van der Waals surface area contributed by atoms with E-state index >= 15 is 0 Å². The smallest absolute Gasteiger partial charge is 0.0428 e. The maximum Gasteiger partial charge on any atom is 0.0428 e. The van der Waals surface area contributed by atoms with Crippen LogP contribution in [-0.4, -0.2) is 13.2 Å². The van der Waals surface area contributed by atoms with Crippen LogP contribution in [0.5, 0.6) is 0 Å². The highest BCUT2D eigenvalue weighted by Crippen LogP contribution is 2.20. The second-order valence-electron chi connectivity index (χ2n) is 3.55.